The SMILES string of the molecule is C=C[PH](CCCCCCCC)(CCCCCCCC)CCCCCCCC.[SiH4]. The molecule has 172 valence electrons. The summed E-state index contributed by atoms with van der Waals surface area (Å²) in [5, 5.41) is 0. The first kappa shape index (κ1) is 30.6. The van der Waals surface area contributed by atoms with Gasteiger partial charge in [-0.3, -0.25) is 0 Å². The summed E-state index contributed by atoms with van der Waals surface area (Å²) in [6, 6.07) is 0. The van der Waals surface area contributed by atoms with Gasteiger partial charge in [-0.15, -0.1) is 0 Å². The van der Waals surface area contributed by atoms with Gasteiger partial charge in [0.25, 0.3) is 0 Å². The van der Waals surface area contributed by atoms with Gasteiger partial charge in [0, 0.05) is 0 Å². The van der Waals surface area contributed by atoms with Crippen LogP contribution in [0.4, 0.5) is 0 Å². The summed E-state index contributed by atoms with van der Waals surface area (Å²) in [6.45, 7) is 11.3. The van der Waals surface area contributed by atoms with Crippen LogP contribution in [0, 0.1) is 0 Å². The first-order valence-corrected chi connectivity index (χ1v) is 15.6. The van der Waals surface area contributed by atoms with Crippen molar-refractivity contribution in [1.82, 2.24) is 0 Å². The molecule has 0 heterocycles. The van der Waals surface area contributed by atoms with Gasteiger partial charge in [-0.25, -0.2) is 0 Å². The molecule has 0 aromatic carbocycles. The Morgan fingerprint density at radius 1 is 0.464 bits per heavy atom. The van der Waals surface area contributed by atoms with Crippen molar-refractivity contribution in [2.24, 2.45) is 0 Å². The van der Waals surface area contributed by atoms with Crippen molar-refractivity contribution in [3.63, 3.8) is 0 Å². The molecule has 28 heavy (non-hydrogen) atoms. The average Bonchev–Trinajstić information content (AvgIpc) is 2.69. The maximum atomic E-state index is 4.38. The minimum atomic E-state index is -1.21. The summed E-state index contributed by atoms with van der Waals surface area (Å²) in [4.78, 5) is 0. The average molecular weight is 431 g/mol. The summed E-state index contributed by atoms with van der Waals surface area (Å²) < 4.78 is 0. The number of hydrogen-bond acceptors (Lipinski definition) is 0. The Bertz CT molecular complexity index is 262. The molecule has 0 rings (SSSR count). The van der Waals surface area contributed by atoms with E-state index >= 15 is 0 Å². The predicted molar refractivity (Wildman–Crippen MR) is 145 cm³/mol. The molecule has 0 aromatic heterocycles. The molecule has 0 N–H and O–H groups in total. The number of rotatable bonds is 22. The second-order valence-corrected chi connectivity index (χ2v) is 13.8. The van der Waals surface area contributed by atoms with Gasteiger partial charge in [-0.1, -0.05) is 0 Å². The van der Waals surface area contributed by atoms with E-state index in [9.17, 15) is 0 Å². The Hall–Kier alpha value is 0.387. The molecule has 0 radical (unpaired) electrons. The van der Waals surface area contributed by atoms with Crippen molar-refractivity contribution >= 4 is 18.2 Å². The van der Waals surface area contributed by atoms with Crippen LogP contribution in [0.1, 0.15) is 136 Å². The smallest absolute Gasteiger partial charge is 0.0149 e. The third-order valence-corrected chi connectivity index (χ3v) is 11.4. The van der Waals surface area contributed by atoms with E-state index in [0.717, 1.165) is 0 Å². The summed E-state index contributed by atoms with van der Waals surface area (Å²) in [7, 11) is -1.21. The summed E-state index contributed by atoms with van der Waals surface area (Å²) in [6.07, 6.45) is 30.6. The molecular formula is C26H59PSi. The molecule has 0 fully saturated rings. The first-order valence-electron chi connectivity index (χ1n) is 12.9. The Kier molecular flexibility index (Phi) is 25.8. The molecule has 0 amide bonds. The van der Waals surface area contributed by atoms with Crippen LogP contribution in [0.2, 0.25) is 0 Å². The quantitative estimate of drug-likeness (QED) is 0.0917. The predicted octanol–water partition coefficient (Wildman–Crippen LogP) is 8.51. The summed E-state index contributed by atoms with van der Waals surface area (Å²) in [5.41, 5.74) is 0. The van der Waals surface area contributed by atoms with Crippen LogP contribution in [0.25, 0.3) is 0 Å². The molecular weight excluding hydrogens is 371 g/mol. The van der Waals surface area contributed by atoms with Gasteiger partial charge in [-0.05, 0) is 11.0 Å². The van der Waals surface area contributed by atoms with Crippen molar-refractivity contribution < 1.29 is 0 Å². The number of unbranched alkanes of at least 4 members (excludes halogenated alkanes) is 15. The molecule has 0 bridgehead atoms. The molecule has 0 saturated heterocycles. The van der Waals surface area contributed by atoms with E-state index in [1.165, 1.54) is 134 Å². The molecule has 2 heteroatoms. The molecule has 0 unspecified atom stereocenters. The second-order valence-electron chi connectivity index (χ2n) is 9.12. The molecule has 0 aliphatic heterocycles. The Balaban J connectivity index is 0. The monoisotopic (exact) mass is 430 g/mol. The third kappa shape index (κ3) is 18.4. The van der Waals surface area contributed by atoms with Crippen LogP contribution in [0.15, 0.2) is 12.4 Å². The van der Waals surface area contributed by atoms with E-state index in [-0.39, 0.29) is 11.0 Å². The van der Waals surface area contributed by atoms with Gasteiger partial charge < -0.3 is 0 Å². The standard InChI is InChI=1S/C26H55P.H4Si/c1-5-9-12-15-18-21-24-27(8-4,25-22-19-16-13-10-6-2)26-23-20-17-14-11-7-3;/h8,27H,4-7,9-26H2,1-3H3;1H4. The van der Waals surface area contributed by atoms with Crippen molar-refractivity contribution in [3.05, 3.63) is 12.4 Å². The van der Waals surface area contributed by atoms with Crippen LogP contribution < -0.4 is 0 Å². The topological polar surface area (TPSA) is 0 Å². The van der Waals surface area contributed by atoms with Gasteiger partial charge in [0.1, 0.15) is 0 Å². The van der Waals surface area contributed by atoms with E-state index in [4.69, 9.17) is 0 Å². The Morgan fingerprint density at radius 3 is 0.964 bits per heavy atom. The van der Waals surface area contributed by atoms with Crippen LogP contribution >= 0.6 is 7.26 Å². The first-order chi connectivity index (χ1) is 13.2. The normalized spacial score (nSPS) is 12.0. The maximum Gasteiger partial charge on any atom is -0.0149 e. The fourth-order valence-electron chi connectivity index (χ4n) is 4.45. The van der Waals surface area contributed by atoms with Gasteiger partial charge in [0.2, 0.25) is 0 Å². The maximum absolute atomic E-state index is 4.38. The van der Waals surface area contributed by atoms with Crippen molar-refractivity contribution in [2.45, 2.75) is 136 Å². The largest absolute Gasteiger partial charge is 0.0149 e. The van der Waals surface area contributed by atoms with E-state index in [1.54, 1.807) is 0 Å². The van der Waals surface area contributed by atoms with Crippen molar-refractivity contribution in [2.75, 3.05) is 18.5 Å². The molecule has 0 spiro atoms. The zero-order valence-electron chi connectivity index (χ0n) is 19.6. The zero-order valence-corrected chi connectivity index (χ0v) is 20.6. The van der Waals surface area contributed by atoms with Crippen molar-refractivity contribution in [1.29, 1.82) is 0 Å². The number of hydrogen-bond donors (Lipinski definition) is 0. The van der Waals surface area contributed by atoms with Crippen LogP contribution in [0.5, 0.6) is 0 Å². The van der Waals surface area contributed by atoms with Gasteiger partial charge >= 0.3 is 174 Å². The fraction of sp³-hybridized carbons (Fsp3) is 0.923. The minimum Gasteiger partial charge on any atom is -0.0149 e. The van der Waals surface area contributed by atoms with E-state index in [0.29, 0.717) is 0 Å². The third-order valence-electron chi connectivity index (χ3n) is 6.52. The fourth-order valence-corrected chi connectivity index (χ4v) is 8.68. The molecule has 0 aliphatic carbocycles. The second kappa shape index (κ2) is 23.7. The molecule has 0 nitrogen and oxygen atoms in total. The van der Waals surface area contributed by atoms with E-state index in [2.05, 4.69) is 33.2 Å². The van der Waals surface area contributed by atoms with Crippen LogP contribution in [-0.4, -0.2) is 29.5 Å². The molecule has 0 saturated carbocycles. The van der Waals surface area contributed by atoms with Gasteiger partial charge in [-0.2, -0.15) is 0 Å². The minimum absolute atomic E-state index is 0. The van der Waals surface area contributed by atoms with Gasteiger partial charge in [0.15, 0.2) is 0 Å². The van der Waals surface area contributed by atoms with E-state index < -0.39 is 7.26 Å². The zero-order chi connectivity index (χ0) is 20.1. The summed E-state index contributed by atoms with van der Waals surface area (Å²) in [5.74, 6) is 2.51. The Morgan fingerprint density at radius 2 is 0.714 bits per heavy atom. The van der Waals surface area contributed by atoms with Gasteiger partial charge in [0.05, 0.1) is 0 Å². The molecule has 0 atom stereocenters. The Labute approximate surface area is 185 Å². The molecule has 0 aliphatic rings. The van der Waals surface area contributed by atoms with Crippen LogP contribution in [0.3, 0.4) is 0 Å². The molecule has 0 aromatic rings. The van der Waals surface area contributed by atoms with Crippen LogP contribution in [-0.2, 0) is 0 Å². The van der Waals surface area contributed by atoms with E-state index in [1.807, 2.05) is 0 Å². The van der Waals surface area contributed by atoms with Crippen molar-refractivity contribution in [3.8, 4) is 0 Å². The summed E-state index contributed by atoms with van der Waals surface area (Å²) >= 11 is 0.